The quantitative estimate of drug-likeness (QED) is 0.141. The summed E-state index contributed by atoms with van der Waals surface area (Å²) >= 11 is 6.41. The van der Waals surface area contributed by atoms with E-state index < -0.39 is 11.7 Å². The van der Waals surface area contributed by atoms with Gasteiger partial charge in [-0.15, -0.1) is 11.6 Å². The number of amides is 3. The van der Waals surface area contributed by atoms with Crippen LogP contribution >= 0.6 is 11.6 Å². The molecular weight excluding hydrogens is 642 g/mol. The van der Waals surface area contributed by atoms with E-state index in [0.717, 1.165) is 49.4 Å². The molecule has 0 aliphatic carbocycles. The molecule has 0 spiro atoms. The van der Waals surface area contributed by atoms with Crippen molar-refractivity contribution in [3.8, 4) is 5.75 Å². The van der Waals surface area contributed by atoms with Gasteiger partial charge in [0.25, 0.3) is 11.8 Å². The number of aromatic nitrogens is 2. The van der Waals surface area contributed by atoms with Gasteiger partial charge in [-0.1, -0.05) is 24.3 Å². The maximum absolute atomic E-state index is 14.0. The van der Waals surface area contributed by atoms with Crippen molar-refractivity contribution in [1.29, 1.82) is 0 Å². The first-order valence-corrected chi connectivity index (χ1v) is 16.7. The summed E-state index contributed by atoms with van der Waals surface area (Å²) < 4.78 is 5.35. The van der Waals surface area contributed by atoms with Gasteiger partial charge < -0.3 is 29.6 Å². The fourth-order valence-corrected chi connectivity index (χ4v) is 7.47. The van der Waals surface area contributed by atoms with Gasteiger partial charge in [-0.2, -0.15) is 0 Å². The highest BCUT2D eigenvalue weighted by Crippen LogP contribution is 2.46. The number of ether oxygens (including phenoxy) is 1. The van der Waals surface area contributed by atoms with Crippen LogP contribution in [-0.4, -0.2) is 57.6 Å². The van der Waals surface area contributed by atoms with E-state index in [1.54, 1.807) is 54.8 Å². The van der Waals surface area contributed by atoms with Gasteiger partial charge in [-0.25, -0.2) is 4.79 Å². The average molecular weight is 676 g/mol. The molecule has 4 aromatic carbocycles. The van der Waals surface area contributed by atoms with E-state index in [2.05, 4.69) is 15.3 Å². The van der Waals surface area contributed by atoms with Crippen molar-refractivity contribution in [3.63, 3.8) is 0 Å². The first kappa shape index (κ1) is 30.8. The van der Waals surface area contributed by atoms with Crippen LogP contribution < -0.4 is 15.1 Å². The second-order valence-corrected chi connectivity index (χ2v) is 14.0. The van der Waals surface area contributed by atoms with E-state index in [1.165, 1.54) is 0 Å². The molecule has 1 unspecified atom stereocenters. The Morgan fingerprint density at radius 3 is 2.37 bits per heavy atom. The Hall–Kier alpha value is -5.48. The lowest BCUT2D eigenvalue weighted by Gasteiger charge is -2.19. The van der Waals surface area contributed by atoms with Crippen LogP contribution in [0.4, 0.5) is 21.9 Å². The molecule has 1 atom stereocenters. The number of anilines is 3. The third-order valence-corrected chi connectivity index (χ3v) is 9.69. The third-order valence-electron chi connectivity index (χ3n) is 9.31. The Balaban J connectivity index is 1.06. The number of phenolic OH excluding ortho intramolecular Hbond substituents is 1. The van der Waals surface area contributed by atoms with Crippen LogP contribution in [0.5, 0.6) is 5.75 Å². The van der Waals surface area contributed by atoms with Crippen LogP contribution in [0.1, 0.15) is 58.8 Å². The van der Waals surface area contributed by atoms with E-state index >= 15 is 0 Å². The normalized spacial score (nSPS) is 15.6. The summed E-state index contributed by atoms with van der Waals surface area (Å²) in [5.41, 5.74) is 5.79. The van der Waals surface area contributed by atoms with Gasteiger partial charge in [0, 0.05) is 69.5 Å². The second kappa shape index (κ2) is 11.3. The van der Waals surface area contributed by atoms with Crippen LogP contribution in [-0.2, 0) is 11.2 Å². The van der Waals surface area contributed by atoms with Crippen molar-refractivity contribution >= 4 is 79.1 Å². The summed E-state index contributed by atoms with van der Waals surface area (Å²) in [6.07, 6.45) is 0.0837. The van der Waals surface area contributed by atoms with Crippen LogP contribution in [0.2, 0.25) is 0 Å². The molecule has 10 nitrogen and oxygen atoms in total. The number of hydrogen-bond acceptors (Lipinski definition) is 5. The number of nitrogens with zero attached hydrogens (tertiary/aromatic N) is 2. The summed E-state index contributed by atoms with van der Waals surface area (Å²) in [7, 11) is 0. The van der Waals surface area contributed by atoms with Gasteiger partial charge in [-0.05, 0) is 86.2 Å². The molecular formula is C38H34ClN5O5. The number of hydrogen-bond donors (Lipinski definition) is 4. The molecule has 4 heterocycles. The number of alkyl halides is 1. The van der Waals surface area contributed by atoms with Crippen LogP contribution in [0.3, 0.4) is 0 Å². The van der Waals surface area contributed by atoms with Gasteiger partial charge in [0.05, 0.1) is 5.69 Å². The molecule has 4 N–H and O–H groups in total. The zero-order chi connectivity index (χ0) is 34.2. The maximum atomic E-state index is 14.0. The van der Waals surface area contributed by atoms with Gasteiger partial charge in [0.15, 0.2) is 0 Å². The fourth-order valence-electron chi connectivity index (χ4n) is 7.22. The monoisotopic (exact) mass is 675 g/mol. The maximum Gasteiger partial charge on any atom is 0.412 e. The van der Waals surface area contributed by atoms with Crippen LogP contribution in [0.25, 0.3) is 32.6 Å². The summed E-state index contributed by atoms with van der Waals surface area (Å²) in [6.45, 7) is 6.30. The molecule has 0 fully saturated rings. The van der Waals surface area contributed by atoms with Crippen molar-refractivity contribution in [3.05, 3.63) is 95.3 Å². The largest absolute Gasteiger partial charge is 0.507 e. The standard InChI is InChI=1S/C38H34ClN5O5/c1-38(2,3)49-37(48)40-22-8-9-27-20(14-22)15-29(41-27)35(46)43-13-12-23-26-16-30(42-28(26)10-11-31(23)43)36(47)44-19-21(18-39)34-25-7-5-4-6-24(25)33(45)17-32(34)44/h4-11,14-17,21,41-42,45H,12-13,18-19H2,1-3H3,(H,40,48). The van der Waals surface area contributed by atoms with Crippen molar-refractivity contribution in [2.45, 2.75) is 38.7 Å². The summed E-state index contributed by atoms with van der Waals surface area (Å²) in [5.74, 6) is 0.00995. The zero-order valence-corrected chi connectivity index (χ0v) is 27.9. The summed E-state index contributed by atoms with van der Waals surface area (Å²) in [5, 5.41) is 16.9. The number of carbonyl (C=O) groups excluding carboxylic acids is 3. The topological polar surface area (TPSA) is 131 Å². The van der Waals surface area contributed by atoms with Crippen LogP contribution in [0, 0.1) is 0 Å². The van der Waals surface area contributed by atoms with E-state index in [0.29, 0.717) is 48.2 Å². The first-order chi connectivity index (χ1) is 23.5. The van der Waals surface area contributed by atoms with Gasteiger partial charge in [0.1, 0.15) is 22.7 Å². The van der Waals surface area contributed by atoms with Gasteiger partial charge >= 0.3 is 6.09 Å². The van der Waals surface area contributed by atoms with E-state index in [9.17, 15) is 19.5 Å². The zero-order valence-electron chi connectivity index (χ0n) is 27.2. The molecule has 0 bridgehead atoms. The number of fused-ring (bicyclic) bond motifs is 7. The van der Waals surface area contributed by atoms with E-state index in [1.807, 2.05) is 48.5 Å². The Bertz CT molecular complexity index is 2350. The van der Waals surface area contributed by atoms with Gasteiger partial charge in [-0.3, -0.25) is 14.9 Å². The molecule has 0 saturated heterocycles. The summed E-state index contributed by atoms with van der Waals surface area (Å²) in [4.78, 5) is 50.1. The molecule has 11 heteroatoms. The molecule has 248 valence electrons. The lowest BCUT2D eigenvalue weighted by Crippen LogP contribution is -2.30. The Morgan fingerprint density at radius 2 is 1.59 bits per heavy atom. The highest BCUT2D eigenvalue weighted by Gasteiger charge is 2.36. The minimum Gasteiger partial charge on any atom is -0.507 e. The summed E-state index contributed by atoms with van der Waals surface area (Å²) in [6, 6.07) is 22.1. The number of phenols is 1. The van der Waals surface area contributed by atoms with Gasteiger partial charge in [0.2, 0.25) is 0 Å². The Kier molecular flexibility index (Phi) is 7.11. The third kappa shape index (κ3) is 5.23. The predicted molar refractivity (Wildman–Crippen MR) is 193 cm³/mol. The molecule has 3 amide bonds. The lowest BCUT2D eigenvalue weighted by molar-refractivity contribution is 0.0635. The minimum atomic E-state index is -0.619. The van der Waals surface area contributed by atoms with Crippen molar-refractivity contribution in [2.24, 2.45) is 0 Å². The molecule has 2 aliphatic rings. The fraction of sp³-hybridized carbons (Fsp3) is 0.237. The van der Waals surface area contributed by atoms with Crippen molar-refractivity contribution in [2.75, 3.05) is 34.1 Å². The first-order valence-electron chi connectivity index (χ1n) is 16.2. The average Bonchev–Trinajstić information content (AvgIpc) is 3.86. The SMILES string of the molecule is CC(C)(C)OC(=O)Nc1ccc2[nH]c(C(=O)N3CCc4c3ccc3[nH]c(C(=O)N5CC(CCl)c6c5cc(O)c5ccccc65)cc43)cc2c1. The molecule has 2 aromatic heterocycles. The van der Waals surface area contributed by atoms with Crippen molar-refractivity contribution < 1.29 is 24.2 Å². The highest BCUT2D eigenvalue weighted by molar-refractivity contribution is 6.19. The number of halogens is 1. The number of rotatable bonds is 4. The van der Waals surface area contributed by atoms with E-state index in [-0.39, 0.29) is 23.5 Å². The predicted octanol–water partition coefficient (Wildman–Crippen LogP) is 8.04. The number of aromatic hydroxyl groups is 1. The lowest BCUT2D eigenvalue weighted by atomic mass is 9.95. The smallest absolute Gasteiger partial charge is 0.412 e. The van der Waals surface area contributed by atoms with Crippen LogP contribution in [0.15, 0.2) is 72.8 Å². The Labute approximate surface area is 286 Å². The molecule has 2 aliphatic heterocycles. The number of aromatic amines is 2. The number of benzene rings is 4. The molecule has 49 heavy (non-hydrogen) atoms. The molecule has 8 rings (SSSR count). The number of H-pyrrole nitrogens is 2. The minimum absolute atomic E-state index is 0.0724. The molecule has 0 radical (unpaired) electrons. The molecule has 0 saturated carbocycles. The number of nitrogens with one attached hydrogen (secondary N) is 3. The van der Waals surface area contributed by atoms with Crippen molar-refractivity contribution in [1.82, 2.24) is 9.97 Å². The number of carbonyl (C=O) groups is 3. The molecule has 6 aromatic rings. The highest BCUT2D eigenvalue weighted by atomic mass is 35.5. The second-order valence-electron chi connectivity index (χ2n) is 13.7. The Morgan fingerprint density at radius 1 is 0.878 bits per heavy atom. The van der Waals surface area contributed by atoms with E-state index in [4.69, 9.17) is 16.3 Å².